The Hall–Kier alpha value is -1.70. The van der Waals surface area contributed by atoms with E-state index in [2.05, 4.69) is 20.8 Å². The average Bonchev–Trinajstić information content (AvgIpc) is 2.28. The number of aromatic nitrogens is 2. The summed E-state index contributed by atoms with van der Waals surface area (Å²) >= 11 is 0. The highest BCUT2D eigenvalue weighted by molar-refractivity contribution is 7.90. The van der Waals surface area contributed by atoms with Gasteiger partial charge in [-0.25, -0.2) is 8.42 Å². The lowest BCUT2D eigenvalue weighted by Gasteiger charge is -2.04. The predicted molar refractivity (Wildman–Crippen MR) is 68.2 cm³/mol. The molecule has 0 aromatic carbocycles. The van der Waals surface area contributed by atoms with E-state index in [4.69, 9.17) is 0 Å². The Morgan fingerprint density at radius 1 is 1.33 bits per heavy atom. The van der Waals surface area contributed by atoms with Crippen LogP contribution in [0.5, 0.6) is 0 Å². The quantitative estimate of drug-likeness (QED) is 0.736. The first-order valence-corrected chi connectivity index (χ1v) is 7.52. The fraction of sp³-hybridized carbons (Fsp3) is 0.500. The maximum absolute atomic E-state index is 11.6. The molecule has 0 bridgehead atoms. The molecule has 0 unspecified atom stereocenters. The maximum Gasteiger partial charge on any atom is 0.271 e. The average molecular weight is 272 g/mol. The minimum Gasteiger partial charge on any atom is -0.369 e. The van der Waals surface area contributed by atoms with E-state index in [9.17, 15) is 13.2 Å². The standard InChI is InChI=1S/C10H16N4O3S/c1-3-11-9-5-4-8(13-14-9)10(15)12-6-7-18(2,16)17/h4-5H,3,6-7H2,1-2H3,(H,11,14)(H,12,15). The van der Waals surface area contributed by atoms with E-state index >= 15 is 0 Å². The monoisotopic (exact) mass is 272 g/mol. The first-order valence-electron chi connectivity index (χ1n) is 5.46. The van der Waals surface area contributed by atoms with Crippen LogP contribution >= 0.6 is 0 Å². The van der Waals surface area contributed by atoms with Gasteiger partial charge in [0.1, 0.15) is 15.7 Å². The Labute approximate surface area is 106 Å². The summed E-state index contributed by atoms with van der Waals surface area (Å²) in [5.41, 5.74) is 0.158. The lowest BCUT2D eigenvalue weighted by molar-refractivity contribution is 0.0950. The number of hydrogen-bond donors (Lipinski definition) is 2. The summed E-state index contributed by atoms with van der Waals surface area (Å²) in [6, 6.07) is 3.17. The number of sulfone groups is 1. The van der Waals surface area contributed by atoms with E-state index in [1.165, 1.54) is 6.07 Å². The third kappa shape index (κ3) is 5.09. The first kappa shape index (κ1) is 14.4. The fourth-order valence-electron chi connectivity index (χ4n) is 1.17. The van der Waals surface area contributed by atoms with Gasteiger partial charge in [-0.1, -0.05) is 0 Å². The number of nitrogens with zero attached hydrogens (tertiary/aromatic N) is 2. The largest absolute Gasteiger partial charge is 0.369 e. The Bertz CT molecular complexity index is 498. The van der Waals surface area contributed by atoms with Gasteiger partial charge in [0.15, 0.2) is 5.69 Å². The van der Waals surface area contributed by atoms with Gasteiger partial charge in [0, 0.05) is 19.3 Å². The van der Waals surface area contributed by atoms with Crippen LogP contribution in [0, 0.1) is 0 Å². The molecule has 18 heavy (non-hydrogen) atoms. The molecule has 2 N–H and O–H groups in total. The normalized spacial score (nSPS) is 11.0. The molecule has 0 aliphatic carbocycles. The van der Waals surface area contributed by atoms with Gasteiger partial charge in [-0.05, 0) is 19.1 Å². The zero-order valence-corrected chi connectivity index (χ0v) is 11.1. The molecule has 0 fully saturated rings. The number of rotatable bonds is 6. The molecule has 0 aliphatic rings. The molecule has 100 valence electrons. The lowest BCUT2D eigenvalue weighted by atomic mass is 10.3. The van der Waals surface area contributed by atoms with Crippen molar-refractivity contribution < 1.29 is 13.2 Å². The minimum absolute atomic E-state index is 0.0638. The third-order valence-corrected chi connectivity index (χ3v) is 2.96. The van der Waals surface area contributed by atoms with Crippen molar-refractivity contribution in [2.45, 2.75) is 6.92 Å². The van der Waals surface area contributed by atoms with Gasteiger partial charge < -0.3 is 10.6 Å². The van der Waals surface area contributed by atoms with Crippen molar-refractivity contribution in [2.75, 3.05) is 30.4 Å². The third-order valence-electron chi connectivity index (χ3n) is 2.01. The van der Waals surface area contributed by atoms with Crippen LogP contribution in [0.25, 0.3) is 0 Å². The molecule has 0 aliphatic heterocycles. The molecule has 0 spiro atoms. The topological polar surface area (TPSA) is 101 Å². The van der Waals surface area contributed by atoms with Gasteiger partial charge in [0.25, 0.3) is 5.91 Å². The molecule has 0 saturated carbocycles. The van der Waals surface area contributed by atoms with Crippen LogP contribution in [-0.4, -0.2) is 49.6 Å². The molecule has 1 amide bonds. The van der Waals surface area contributed by atoms with Crippen molar-refractivity contribution in [1.82, 2.24) is 15.5 Å². The van der Waals surface area contributed by atoms with E-state index in [0.717, 1.165) is 6.26 Å². The molecule has 1 heterocycles. The van der Waals surface area contributed by atoms with Crippen molar-refractivity contribution in [3.05, 3.63) is 17.8 Å². The van der Waals surface area contributed by atoms with Gasteiger partial charge in [0.2, 0.25) is 0 Å². The number of amides is 1. The molecule has 0 atom stereocenters. The van der Waals surface area contributed by atoms with Crippen LogP contribution in [0.15, 0.2) is 12.1 Å². The van der Waals surface area contributed by atoms with Crippen molar-refractivity contribution in [3.8, 4) is 0 Å². The summed E-state index contributed by atoms with van der Waals surface area (Å²) in [7, 11) is -3.08. The van der Waals surface area contributed by atoms with Gasteiger partial charge in [-0.2, -0.15) is 0 Å². The maximum atomic E-state index is 11.6. The van der Waals surface area contributed by atoms with Crippen LogP contribution in [0.1, 0.15) is 17.4 Å². The molecule has 8 heteroatoms. The van der Waals surface area contributed by atoms with Crippen LogP contribution in [-0.2, 0) is 9.84 Å². The van der Waals surface area contributed by atoms with Crippen LogP contribution in [0.2, 0.25) is 0 Å². The highest BCUT2D eigenvalue weighted by atomic mass is 32.2. The van der Waals surface area contributed by atoms with E-state index in [1.807, 2.05) is 6.92 Å². The van der Waals surface area contributed by atoms with Gasteiger partial charge in [-0.3, -0.25) is 4.79 Å². The Morgan fingerprint density at radius 3 is 2.56 bits per heavy atom. The smallest absolute Gasteiger partial charge is 0.271 e. The van der Waals surface area contributed by atoms with Crippen LogP contribution < -0.4 is 10.6 Å². The van der Waals surface area contributed by atoms with E-state index in [-0.39, 0.29) is 18.0 Å². The molecular weight excluding hydrogens is 256 g/mol. The summed E-state index contributed by atoms with van der Waals surface area (Å²) < 4.78 is 21.8. The summed E-state index contributed by atoms with van der Waals surface area (Å²) in [4.78, 5) is 11.6. The zero-order valence-electron chi connectivity index (χ0n) is 10.3. The molecule has 0 radical (unpaired) electrons. The van der Waals surface area contributed by atoms with E-state index in [0.29, 0.717) is 12.4 Å². The van der Waals surface area contributed by atoms with Crippen molar-refractivity contribution in [2.24, 2.45) is 0 Å². The SMILES string of the molecule is CCNc1ccc(C(=O)NCCS(C)(=O)=O)nn1. The molecule has 1 aromatic rings. The number of carbonyl (C=O) groups is 1. The first-order chi connectivity index (χ1) is 8.42. The summed E-state index contributed by atoms with van der Waals surface area (Å²) in [5, 5.41) is 13.0. The highest BCUT2D eigenvalue weighted by Gasteiger charge is 2.09. The molecule has 0 saturated heterocycles. The molecular formula is C10H16N4O3S. The fourth-order valence-corrected chi connectivity index (χ4v) is 1.64. The second-order valence-corrected chi connectivity index (χ2v) is 5.98. The number of hydrogen-bond acceptors (Lipinski definition) is 6. The van der Waals surface area contributed by atoms with E-state index < -0.39 is 15.7 Å². The predicted octanol–water partition coefficient (Wildman–Crippen LogP) is -0.317. The number of nitrogens with one attached hydrogen (secondary N) is 2. The van der Waals surface area contributed by atoms with E-state index in [1.54, 1.807) is 6.07 Å². The highest BCUT2D eigenvalue weighted by Crippen LogP contribution is 2.01. The van der Waals surface area contributed by atoms with Gasteiger partial charge in [0.05, 0.1) is 5.75 Å². The summed E-state index contributed by atoms with van der Waals surface area (Å²) in [6.07, 6.45) is 1.12. The van der Waals surface area contributed by atoms with Crippen LogP contribution in [0.3, 0.4) is 0 Å². The molecule has 1 rings (SSSR count). The Balaban J connectivity index is 2.51. The van der Waals surface area contributed by atoms with Crippen molar-refractivity contribution >= 4 is 21.6 Å². The Kier molecular flexibility index (Phi) is 5.02. The second-order valence-electron chi connectivity index (χ2n) is 3.72. The van der Waals surface area contributed by atoms with Gasteiger partial charge >= 0.3 is 0 Å². The minimum atomic E-state index is -3.08. The summed E-state index contributed by atoms with van der Waals surface area (Å²) in [5.74, 6) is 0.0566. The summed E-state index contributed by atoms with van der Waals surface area (Å²) in [6.45, 7) is 2.70. The van der Waals surface area contributed by atoms with Crippen molar-refractivity contribution in [1.29, 1.82) is 0 Å². The van der Waals surface area contributed by atoms with Crippen LogP contribution in [0.4, 0.5) is 5.82 Å². The second kappa shape index (κ2) is 6.29. The van der Waals surface area contributed by atoms with Crippen molar-refractivity contribution in [3.63, 3.8) is 0 Å². The van der Waals surface area contributed by atoms with Gasteiger partial charge in [-0.15, -0.1) is 10.2 Å². The zero-order chi connectivity index (χ0) is 13.6. The molecule has 7 nitrogen and oxygen atoms in total. The number of anilines is 1. The lowest BCUT2D eigenvalue weighted by Crippen LogP contribution is -2.29. The Morgan fingerprint density at radius 2 is 2.06 bits per heavy atom. The molecule has 1 aromatic heterocycles. The number of carbonyl (C=O) groups excluding carboxylic acids is 1.